The van der Waals surface area contributed by atoms with Crippen LogP contribution in [0.5, 0.6) is 0 Å². The van der Waals surface area contributed by atoms with Crippen molar-refractivity contribution < 1.29 is 14.8 Å². The lowest BCUT2D eigenvalue weighted by Gasteiger charge is -2.21. The van der Waals surface area contributed by atoms with Crippen LogP contribution in [0.1, 0.15) is 15.9 Å². The molecule has 17 heavy (non-hydrogen) atoms. The van der Waals surface area contributed by atoms with Crippen LogP contribution in [0.25, 0.3) is 0 Å². The number of carbonyl (C=O) groups is 1. The highest BCUT2D eigenvalue weighted by Gasteiger charge is 2.17. The molecule has 0 aliphatic carbocycles. The van der Waals surface area contributed by atoms with Gasteiger partial charge in [0.2, 0.25) is 0 Å². The molecule has 1 heterocycles. The quantitative estimate of drug-likeness (QED) is 0.755. The molecule has 4 heteroatoms. The van der Waals surface area contributed by atoms with Gasteiger partial charge in [-0.05, 0) is 18.6 Å². The third-order valence-electron chi connectivity index (χ3n) is 2.99. The van der Waals surface area contributed by atoms with Crippen molar-refractivity contribution in [2.45, 2.75) is 13.0 Å². The number of benzene rings is 1. The minimum atomic E-state index is -0.0164. The van der Waals surface area contributed by atoms with Gasteiger partial charge in [-0.2, -0.15) is 0 Å². The Morgan fingerprint density at radius 2 is 2.35 bits per heavy atom. The second-order valence-electron chi connectivity index (χ2n) is 4.33. The van der Waals surface area contributed by atoms with Gasteiger partial charge >= 0.3 is 0 Å². The number of quaternary nitrogens is 1. The molecule has 1 unspecified atom stereocenters. The zero-order chi connectivity index (χ0) is 12.1. The van der Waals surface area contributed by atoms with Gasteiger partial charge in [-0.25, -0.2) is 0 Å². The molecule has 0 aromatic heterocycles. The molecule has 92 valence electrons. The molecule has 0 radical (unpaired) electrons. The van der Waals surface area contributed by atoms with Gasteiger partial charge in [0.25, 0.3) is 5.91 Å². The molecular weight excluding hydrogens is 216 g/mol. The van der Waals surface area contributed by atoms with Crippen molar-refractivity contribution in [1.29, 1.82) is 0 Å². The van der Waals surface area contributed by atoms with E-state index in [4.69, 9.17) is 4.74 Å². The van der Waals surface area contributed by atoms with Crippen molar-refractivity contribution in [3.05, 3.63) is 35.4 Å². The number of carbonyl (C=O) groups excluding carboxylic acids is 1. The second kappa shape index (κ2) is 5.80. The Kier molecular flexibility index (Phi) is 4.12. The van der Waals surface area contributed by atoms with Crippen LogP contribution in [0.3, 0.4) is 0 Å². The number of aryl methyl sites for hydroxylation is 1. The number of amides is 1. The number of hydrogen-bond acceptors (Lipinski definition) is 2. The summed E-state index contributed by atoms with van der Waals surface area (Å²) in [4.78, 5) is 11.9. The number of hydrogen-bond donors (Lipinski definition) is 2. The maximum atomic E-state index is 11.9. The lowest BCUT2D eigenvalue weighted by Crippen LogP contribution is -2.90. The van der Waals surface area contributed by atoms with Crippen molar-refractivity contribution >= 4 is 5.91 Å². The topological polar surface area (TPSA) is 54.9 Å². The minimum absolute atomic E-state index is 0.0164. The van der Waals surface area contributed by atoms with Gasteiger partial charge in [0, 0.05) is 12.1 Å². The second-order valence-corrected chi connectivity index (χ2v) is 4.33. The molecule has 4 nitrogen and oxygen atoms in total. The van der Waals surface area contributed by atoms with E-state index < -0.39 is 0 Å². The van der Waals surface area contributed by atoms with Gasteiger partial charge in [0.05, 0.1) is 13.2 Å². The summed E-state index contributed by atoms with van der Waals surface area (Å²) < 4.78 is 5.55. The summed E-state index contributed by atoms with van der Waals surface area (Å²) in [6.45, 7) is 5.24. The first-order valence-electron chi connectivity index (χ1n) is 6.04. The van der Waals surface area contributed by atoms with E-state index in [0.717, 1.165) is 30.8 Å². The van der Waals surface area contributed by atoms with Gasteiger partial charge in [0.1, 0.15) is 12.6 Å². The van der Waals surface area contributed by atoms with Crippen molar-refractivity contribution in [2.24, 2.45) is 0 Å². The highest BCUT2D eigenvalue weighted by Crippen LogP contribution is 2.06. The molecule has 1 aliphatic heterocycles. The molecule has 3 N–H and O–H groups in total. The minimum Gasteiger partial charge on any atom is -0.365 e. The van der Waals surface area contributed by atoms with Crippen LogP contribution < -0.4 is 10.6 Å². The summed E-state index contributed by atoms with van der Waals surface area (Å²) in [5.41, 5.74) is 1.74. The van der Waals surface area contributed by atoms with Gasteiger partial charge in [-0.1, -0.05) is 18.2 Å². The first kappa shape index (κ1) is 12.1. The van der Waals surface area contributed by atoms with Crippen molar-refractivity contribution in [3.63, 3.8) is 0 Å². The molecule has 2 rings (SSSR count). The van der Waals surface area contributed by atoms with E-state index in [9.17, 15) is 4.79 Å². The molecule has 1 atom stereocenters. The van der Waals surface area contributed by atoms with Gasteiger partial charge in [0.15, 0.2) is 0 Å². The van der Waals surface area contributed by atoms with E-state index in [2.05, 4.69) is 10.6 Å². The fraction of sp³-hybridized carbons (Fsp3) is 0.462. The monoisotopic (exact) mass is 235 g/mol. The molecule has 1 aromatic rings. The maximum Gasteiger partial charge on any atom is 0.251 e. The fourth-order valence-corrected chi connectivity index (χ4v) is 1.96. The normalized spacial score (nSPS) is 19.9. The van der Waals surface area contributed by atoms with Crippen LogP contribution in [0.4, 0.5) is 0 Å². The van der Waals surface area contributed by atoms with Crippen LogP contribution in [0, 0.1) is 6.92 Å². The van der Waals surface area contributed by atoms with E-state index in [1.807, 2.05) is 31.2 Å². The Labute approximate surface area is 101 Å². The van der Waals surface area contributed by atoms with E-state index in [1.165, 1.54) is 0 Å². The zero-order valence-corrected chi connectivity index (χ0v) is 10.1. The van der Waals surface area contributed by atoms with Crippen LogP contribution in [0.15, 0.2) is 24.3 Å². The number of morpholine rings is 1. The third-order valence-corrected chi connectivity index (χ3v) is 2.99. The smallest absolute Gasteiger partial charge is 0.251 e. The third kappa shape index (κ3) is 3.28. The molecule has 1 aromatic carbocycles. The van der Waals surface area contributed by atoms with E-state index in [-0.39, 0.29) is 12.0 Å². The molecular formula is C13H19N2O2+. The van der Waals surface area contributed by atoms with Crippen molar-refractivity contribution in [1.82, 2.24) is 5.32 Å². The average Bonchev–Trinajstić information content (AvgIpc) is 2.38. The predicted octanol–water partition coefficient (Wildman–Crippen LogP) is -0.313. The lowest BCUT2D eigenvalue weighted by atomic mass is 10.1. The van der Waals surface area contributed by atoms with Crippen LogP contribution in [0.2, 0.25) is 0 Å². The van der Waals surface area contributed by atoms with Gasteiger partial charge in [-0.15, -0.1) is 0 Å². The number of nitrogens with one attached hydrogen (secondary N) is 1. The van der Waals surface area contributed by atoms with Crippen molar-refractivity contribution in [2.75, 3.05) is 26.2 Å². The Hall–Kier alpha value is -1.39. The highest BCUT2D eigenvalue weighted by atomic mass is 16.5. The Morgan fingerprint density at radius 3 is 3.06 bits per heavy atom. The number of ether oxygens (including phenoxy) is 1. The molecule has 1 aliphatic rings. The van der Waals surface area contributed by atoms with E-state index >= 15 is 0 Å². The summed E-state index contributed by atoms with van der Waals surface area (Å²) in [6.07, 6.45) is 0.136. The lowest BCUT2D eigenvalue weighted by molar-refractivity contribution is -0.676. The predicted molar refractivity (Wildman–Crippen MR) is 64.9 cm³/mol. The van der Waals surface area contributed by atoms with Gasteiger partial charge in [-0.3, -0.25) is 4.79 Å². The summed E-state index contributed by atoms with van der Waals surface area (Å²) in [5.74, 6) is -0.0164. The fourth-order valence-electron chi connectivity index (χ4n) is 1.96. The zero-order valence-electron chi connectivity index (χ0n) is 10.1. The van der Waals surface area contributed by atoms with E-state index in [1.54, 1.807) is 0 Å². The summed E-state index contributed by atoms with van der Waals surface area (Å²) in [6, 6.07) is 7.61. The van der Waals surface area contributed by atoms with E-state index in [0.29, 0.717) is 6.54 Å². The largest absolute Gasteiger partial charge is 0.365 e. The summed E-state index contributed by atoms with van der Waals surface area (Å²) >= 11 is 0. The average molecular weight is 235 g/mol. The molecule has 1 saturated heterocycles. The maximum absolute atomic E-state index is 11.9. The summed E-state index contributed by atoms with van der Waals surface area (Å²) in [5, 5.41) is 5.14. The van der Waals surface area contributed by atoms with Gasteiger partial charge < -0.3 is 15.4 Å². The first-order valence-corrected chi connectivity index (χ1v) is 6.04. The standard InChI is InChI=1S/C13H18N2O2/c1-10-4-2-3-5-12(10)13(16)15-9-11-8-14-6-7-17-11/h2-5,11,14H,6-9H2,1H3,(H,15,16)/p+1. The molecule has 1 amide bonds. The molecule has 0 saturated carbocycles. The number of nitrogens with two attached hydrogens (primary N) is 1. The summed E-state index contributed by atoms with van der Waals surface area (Å²) in [7, 11) is 0. The Bertz CT molecular complexity index is 387. The van der Waals surface area contributed by atoms with Crippen LogP contribution in [-0.2, 0) is 4.74 Å². The van der Waals surface area contributed by atoms with Crippen LogP contribution >= 0.6 is 0 Å². The van der Waals surface area contributed by atoms with Crippen LogP contribution in [-0.4, -0.2) is 38.3 Å². The molecule has 0 bridgehead atoms. The first-order chi connectivity index (χ1) is 8.27. The Morgan fingerprint density at radius 1 is 1.53 bits per heavy atom. The number of rotatable bonds is 3. The SMILES string of the molecule is Cc1ccccc1C(=O)NCC1C[NH2+]CCO1. The molecule has 0 spiro atoms. The van der Waals surface area contributed by atoms with Crippen molar-refractivity contribution in [3.8, 4) is 0 Å². The Balaban J connectivity index is 1.87. The molecule has 1 fully saturated rings. The highest BCUT2D eigenvalue weighted by molar-refractivity contribution is 5.95.